The van der Waals surface area contributed by atoms with Crippen LogP contribution in [0.4, 0.5) is 0 Å². The molecule has 0 heteroatoms. The maximum absolute atomic E-state index is 3.82. The van der Waals surface area contributed by atoms with E-state index in [-0.39, 0.29) is 0 Å². The lowest BCUT2D eigenvalue weighted by Gasteiger charge is -2.19. The topological polar surface area (TPSA) is 0 Å². The first-order valence-electron chi connectivity index (χ1n) is 8.48. The molecule has 0 saturated heterocycles. The largest absolute Gasteiger partial charge is 0.0991 e. The fourth-order valence-corrected chi connectivity index (χ4v) is 2.94. The first-order valence-corrected chi connectivity index (χ1v) is 8.48. The van der Waals surface area contributed by atoms with E-state index in [4.69, 9.17) is 0 Å². The predicted octanol–water partition coefficient (Wildman–Crippen LogP) is 6.83. The molecule has 0 amide bonds. The zero-order valence-corrected chi connectivity index (χ0v) is 14.6. The summed E-state index contributed by atoms with van der Waals surface area (Å²) in [5, 5.41) is 0. The molecule has 0 spiro atoms. The number of aryl methyl sites for hydroxylation is 2. The molecule has 1 aromatic rings. The third kappa shape index (κ3) is 4.88. The summed E-state index contributed by atoms with van der Waals surface area (Å²) in [4.78, 5) is 0. The zero-order chi connectivity index (χ0) is 15.8. The molecule has 0 nitrogen and oxygen atoms in total. The van der Waals surface area contributed by atoms with Gasteiger partial charge in [0.05, 0.1) is 0 Å². The summed E-state index contributed by atoms with van der Waals surface area (Å²) in [7, 11) is 0. The van der Waals surface area contributed by atoms with Gasteiger partial charge in [-0.2, -0.15) is 0 Å². The Morgan fingerprint density at radius 1 is 1.24 bits per heavy atom. The maximum atomic E-state index is 3.82. The Labute approximate surface area is 132 Å². The first-order chi connectivity index (χ1) is 10.0. The Hall–Kier alpha value is -1.30. The minimum absolute atomic E-state index is 0.637. The molecule has 116 valence electrons. The summed E-state index contributed by atoms with van der Waals surface area (Å²) in [6.45, 7) is 15.1. The second-order valence-corrected chi connectivity index (χ2v) is 6.22. The number of unbranched alkanes of at least 4 members (excludes halogenated alkanes) is 2. The van der Waals surface area contributed by atoms with Crippen LogP contribution in [0.1, 0.15) is 81.5 Å². The van der Waals surface area contributed by atoms with Gasteiger partial charge in [-0.05, 0) is 66.9 Å². The molecule has 0 saturated carbocycles. The second-order valence-electron chi connectivity index (χ2n) is 6.22. The zero-order valence-electron chi connectivity index (χ0n) is 14.6. The van der Waals surface area contributed by atoms with E-state index in [2.05, 4.69) is 59.4 Å². The van der Waals surface area contributed by atoms with Crippen molar-refractivity contribution in [2.45, 2.75) is 72.6 Å². The smallest absolute Gasteiger partial charge is 0.0190 e. The number of hydrogen-bond donors (Lipinski definition) is 0. The SMILES string of the molecule is C=C/C=C(/C)c1cc(C(C)CC)c(CCCCC)cc1C. The molecule has 0 aliphatic carbocycles. The third-order valence-electron chi connectivity index (χ3n) is 4.47. The van der Waals surface area contributed by atoms with Crippen LogP contribution in [0.25, 0.3) is 5.57 Å². The summed E-state index contributed by atoms with van der Waals surface area (Å²) in [5.74, 6) is 0.637. The summed E-state index contributed by atoms with van der Waals surface area (Å²) in [6, 6.07) is 4.85. The van der Waals surface area contributed by atoms with E-state index in [1.807, 2.05) is 6.08 Å². The van der Waals surface area contributed by atoms with Gasteiger partial charge in [-0.3, -0.25) is 0 Å². The van der Waals surface area contributed by atoms with E-state index in [1.165, 1.54) is 48.8 Å². The standard InChI is InChI=1S/C21H32/c1-7-10-11-13-19-14-18(6)20(17(5)12-8-2)15-21(19)16(4)9-3/h8,12,14-16H,2,7,9-11,13H2,1,3-6H3/b17-12-. The van der Waals surface area contributed by atoms with Gasteiger partial charge < -0.3 is 0 Å². The van der Waals surface area contributed by atoms with Gasteiger partial charge in [0.25, 0.3) is 0 Å². The highest BCUT2D eigenvalue weighted by Crippen LogP contribution is 2.30. The predicted molar refractivity (Wildman–Crippen MR) is 97.0 cm³/mol. The third-order valence-corrected chi connectivity index (χ3v) is 4.47. The molecule has 0 aliphatic heterocycles. The van der Waals surface area contributed by atoms with Crippen molar-refractivity contribution in [2.75, 3.05) is 0 Å². The summed E-state index contributed by atoms with van der Waals surface area (Å²) < 4.78 is 0. The Bertz CT molecular complexity index is 491. The monoisotopic (exact) mass is 284 g/mol. The second kappa shape index (κ2) is 8.87. The molecule has 0 radical (unpaired) electrons. The highest BCUT2D eigenvalue weighted by molar-refractivity contribution is 5.69. The molecule has 0 aromatic heterocycles. The van der Waals surface area contributed by atoms with E-state index >= 15 is 0 Å². The fourth-order valence-electron chi connectivity index (χ4n) is 2.94. The van der Waals surface area contributed by atoms with Crippen LogP contribution in [0.2, 0.25) is 0 Å². The van der Waals surface area contributed by atoms with Crippen molar-refractivity contribution in [3.05, 3.63) is 53.1 Å². The molecule has 21 heavy (non-hydrogen) atoms. The van der Waals surface area contributed by atoms with Gasteiger partial charge in [0.15, 0.2) is 0 Å². The number of allylic oxidation sites excluding steroid dienone is 3. The molecule has 0 aliphatic rings. The van der Waals surface area contributed by atoms with Crippen molar-refractivity contribution in [3.63, 3.8) is 0 Å². The fraction of sp³-hybridized carbons (Fsp3) is 0.524. The van der Waals surface area contributed by atoms with Gasteiger partial charge in [-0.15, -0.1) is 0 Å². The van der Waals surface area contributed by atoms with Gasteiger partial charge in [0, 0.05) is 0 Å². The van der Waals surface area contributed by atoms with Crippen molar-refractivity contribution >= 4 is 5.57 Å². The molecular weight excluding hydrogens is 252 g/mol. The van der Waals surface area contributed by atoms with Crippen molar-refractivity contribution in [3.8, 4) is 0 Å². The van der Waals surface area contributed by atoms with E-state index in [1.54, 1.807) is 11.1 Å². The minimum atomic E-state index is 0.637. The summed E-state index contributed by atoms with van der Waals surface area (Å²) in [6.07, 6.45) is 10.3. The van der Waals surface area contributed by atoms with Crippen LogP contribution in [0.5, 0.6) is 0 Å². The number of benzene rings is 1. The molecule has 0 bridgehead atoms. The molecule has 0 fully saturated rings. The Morgan fingerprint density at radius 3 is 2.52 bits per heavy atom. The lowest BCUT2D eigenvalue weighted by Crippen LogP contribution is -2.02. The molecule has 0 heterocycles. The Kier molecular flexibility index (Phi) is 7.50. The van der Waals surface area contributed by atoms with Crippen LogP contribution in [0.3, 0.4) is 0 Å². The van der Waals surface area contributed by atoms with Crippen molar-refractivity contribution in [2.24, 2.45) is 0 Å². The van der Waals surface area contributed by atoms with Crippen LogP contribution >= 0.6 is 0 Å². The van der Waals surface area contributed by atoms with E-state index in [0.717, 1.165) is 0 Å². The van der Waals surface area contributed by atoms with Gasteiger partial charge >= 0.3 is 0 Å². The number of hydrogen-bond acceptors (Lipinski definition) is 0. The van der Waals surface area contributed by atoms with Crippen LogP contribution in [0.15, 0.2) is 30.9 Å². The first kappa shape index (κ1) is 17.8. The van der Waals surface area contributed by atoms with E-state index < -0.39 is 0 Å². The molecule has 0 N–H and O–H groups in total. The summed E-state index contributed by atoms with van der Waals surface area (Å²) in [5.41, 5.74) is 7.19. The Morgan fingerprint density at radius 2 is 1.95 bits per heavy atom. The van der Waals surface area contributed by atoms with Crippen molar-refractivity contribution in [1.29, 1.82) is 0 Å². The molecular formula is C21H32. The quantitative estimate of drug-likeness (QED) is 0.362. The molecule has 1 atom stereocenters. The molecule has 1 aromatic carbocycles. The highest BCUT2D eigenvalue weighted by atomic mass is 14.2. The van der Waals surface area contributed by atoms with E-state index in [9.17, 15) is 0 Å². The van der Waals surface area contributed by atoms with E-state index in [0.29, 0.717) is 5.92 Å². The van der Waals surface area contributed by atoms with Crippen molar-refractivity contribution in [1.82, 2.24) is 0 Å². The lowest BCUT2D eigenvalue weighted by atomic mass is 9.86. The summed E-state index contributed by atoms with van der Waals surface area (Å²) >= 11 is 0. The maximum Gasteiger partial charge on any atom is -0.0190 e. The van der Waals surface area contributed by atoms with Gasteiger partial charge in [0.1, 0.15) is 0 Å². The minimum Gasteiger partial charge on any atom is -0.0991 e. The van der Waals surface area contributed by atoms with Crippen LogP contribution in [-0.4, -0.2) is 0 Å². The Balaban J connectivity index is 3.22. The van der Waals surface area contributed by atoms with Gasteiger partial charge in [-0.1, -0.05) is 64.5 Å². The average Bonchev–Trinajstić information content (AvgIpc) is 2.47. The van der Waals surface area contributed by atoms with Gasteiger partial charge in [-0.25, -0.2) is 0 Å². The van der Waals surface area contributed by atoms with Crippen molar-refractivity contribution < 1.29 is 0 Å². The van der Waals surface area contributed by atoms with Crippen LogP contribution in [-0.2, 0) is 6.42 Å². The van der Waals surface area contributed by atoms with Crippen LogP contribution in [0, 0.1) is 6.92 Å². The molecule has 1 unspecified atom stereocenters. The lowest BCUT2D eigenvalue weighted by molar-refractivity contribution is 0.686. The average molecular weight is 284 g/mol. The normalized spacial score (nSPS) is 13.3. The number of rotatable bonds is 8. The molecule has 1 rings (SSSR count). The highest BCUT2D eigenvalue weighted by Gasteiger charge is 2.13. The van der Waals surface area contributed by atoms with Crippen LogP contribution < -0.4 is 0 Å². The van der Waals surface area contributed by atoms with Gasteiger partial charge in [0.2, 0.25) is 0 Å².